The molecule has 0 unspecified atom stereocenters. The Morgan fingerprint density at radius 1 is 1.08 bits per heavy atom. The van der Waals surface area contributed by atoms with Gasteiger partial charge >= 0.3 is 0 Å². The second-order valence-electron chi connectivity index (χ2n) is 6.65. The normalized spacial score (nSPS) is 17.0. The molecule has 1 saturated heterocycles. The lowest BCUT2D eigenvalue weighted by molar-refractivity contribution is -0.0257. The first-order valence-electron chi connectivity index (χ1n) is 8.71. The van der Waals surface area contributed by atoms with Crippen LogP contribution < -0.4 is 5.32 Å². The molecular weight excluding hydrogens is 338 g/mol. The zero-order valence-corrected chi connectivity index (χ0v) is 14.4. The van der Waals surface area contributed by atoms with Crippen molar-refractivity contribution in [2.24, 2.45) is 0 Å². The molecule has 2 aromatic rings. The summed E-state index contributed by atoms with van der Waals surface area (Å²) >= 11 is 0. The molecule has 6 heteroatoms. The van der Waals surface area contributed by atoms with Gasteiger partial charge in [0.05, 0.1) is 5.60 Å². The van der Waals surface area contributed by atoms with Crippen LogP contribution in [0.5, 0.6) is 0 Å². The molecule has 1 aliphatic rings. The number of carbonyl (C=O) groups excluding carboxylic acids is 1. The largest absolute Gasteiger partial charge is 0.385 e. The number of aliphatic hydroxyl groups is 1. The zero-order chi connectivity index (χ0) is 18.6. The van der Waals surface area contributed by atoms with Gasteiger partial charge in [-0.1, -0.05) is 18.2 Å². The van der Waals surface area contributed by atoms with Crippen LogP contribution in [0.3, 0.4) is 0 Å². The predicted molar refractivity (Wildman–Crippen MR) is 94.7 cm³/mol. The van der Waals surface area contributed by atoms with E-state index in [1.165, 1.54) is 30.3 Å². The number of likely N-dealkylation sites (tertiary alicyclic amines) is 1. The minimum absolute atomic E-state index is 0.295. The summed E-state index contributed by atoms with van der Waals surface area (Å²) < 4.78 is 26.5. The van der Waals surface area contributed by atoms with Gasteiger partial charge in [-0.25, -0.2) is 8.78 Å². The van der Waals surface area contributed by atoms with E-state index in [0.29, 0.717) is 50.1 Å². The molecule has 26 heavy (non-hydrogen) atoms. The van der Waals surface area contributed by atoms with Crippen LogP contribution in [0, 0.1) is 11.6 Å². The van der Waals surface area contributed by atoms with Crippen molar-refractivity contribution in [2.75, 3.05) is 26.2 Å². The summed E-state index contributed by atoms with van der Waals surface area (Å²) in [5.74, 6) is -1.10. The maximum atomic E-state index is 13.4. The maximum Gasteiger partial charge on any atom is 0.251 e. The Balaban J connectivity index is 1.46. The van der Waals surface area contributed by atoms with Gasteiger partial charge in [-0.2, -0.15) is 0 Å². The van der Waals surface area contributed by atoms with E-state index in [1.807, 2.05) is 0 Å². The first kappa shape index (κ1) is 18.5. The van der Waals surface area contributed by atoms with Crippen LogP contribution in [0.2, 0.25) is 0 Å². The fraction of sp³-hybridized carbons (Fsp3) is 0.350. The van der Waals surface area contributed by atoms with Gasteiger partial charge in [0.1, 0.15) is 11.6 Å². The molecule has 0 saturated carbocycles. The van der Waals surface area contributed by atoms with E-state index in [1.54, 1.807) is 18.2 Å². The van der Waals surface area contributed by atoms with Crippen LogP contribution in [0.25, 0.3) is 0 Å². The van der Waals surface area contributed by atoms with Crippen LogP contribution in [0.4, 0.5) is 8.78 Å². The molecule has 1 fully saturated rings. The molecule has 4 nitrogen and oxygen atoms in total. The number of rotatable bonds is 5. The molecule has 0 aliphatic carbocycles. The van der Waals surface area contributed by atoms with Crippen molar-refractivity contribution >= 4 is 5.91 Å². The van der Waals surface area contributed by atoms with Crippen molar-refractivity contribution in [3.05, 3.63) is 71.3 Å². The van der Waals surface area contributed by atoms with Crippen molar-refractivity contribution in [1.29, 1.82) is 0 Å². The number of halogens is 2. The molecule has 2 N–H and O–H groups in total. The molecule has 2 aromatic carbocycles. The van der Waals surface area contributed by atoms with Crippen LogP contribution in [-0.2, 0) is 5.60 Å². The van der Waals surface area contributed by atoms with Crippen molar-refractivity contribution < 1.29 is 18.7 Å². The highest BCUT2D eigenvalue weighted by molar-refractivity contribution is 5.94. The van der Waals surface area contributed by atoms with E-state index in [0.717, 1.165) is 0 Å². The van der Waals surface area contributed by atoms with Gasteiger partial charge in [0.25, 0.3) is 5.91 Å². The average molecular weight is 360 g/mol. The van der Waals surface area contributed by atoms with Crippen molar-refractivity contribution in [2.45, 2.75) is 18.4 Å². The Hall–Kier alpha value is -2.31. The van der Waals surface area contributed by atoms with Gasteiger partial charge in [0, 0.05) is 31.7 Å². The van der Waals surface area contributed by atoms with Crippen LogP contribution in [0.1, 0.15) is 28.8 Å². The number of amides is 1. The highest BCUT2D eigenvalue weighted by Gasteiger charge is 2.33. The summed E-state index contributed by atoms with van der Waals surface area (Å²) in [6.07, 6.45) is 1.02. The van der Waals surface area contributed by atoms with Crippen LogP contribution >= 0.6 is 0 Å². The number of hydrogen-bond acceptors (Lipinski definition) is 3. The lowest BCUT2D eigenvalue weighted by atomic mass is 9.84. The first-order valence-corrected chi connectivity index (χ1v) is 8.71. The van der Waals surface area contributed by atoms with Gasteiger partial charge in [-0.05, 0) is 48.7 Å². The third-order valence-corrected chi connectivity index (χ3v) is 4.85. The molecule has 138 valence electrons. The smallest absolute Gasteiger partial charge is 0.251 e. The lowest BCUT2D eigenvalue weighted by Crippen LogP contribution is -2.45. The minimum atomic E-state index is -1.01. The van der Waals surface area contributed by atoms with E-state index in [4.69, 9.17) is 0 Å². The molecule has 1 aliphatic heterocycles. The third kappa shape index (κ3) is 4.45. The topological polar surface area (TPSA) is 52.6 Å². The highest BCUT2D eigenvalue weighted by atomic mass is 19.1. The third-order valence-electron chi connectivity index (χ3n) is 4.85. The monoisotopic (exact) mass is 360 g/mol. The van der Waals surface area contributed by atoms with Gasteiger partial charge < -0.3 is 15.3 Å². The SMILES string of the molecule is O=C(NCCN1CCC(O)(c2cccc(F)c2)CC1)c1cccc(F)c1. The summed E-state index contributed by atoms with van der Waals surface area (Å²) in [5, 5.41) is 13.5. The van der Waals surface area contributed by atoms with Crippen LogP contribution in [0.15, 0.2) is 48.5 Å². The minimum Gasteiger partial charge on any atom is -0.385 e. The number of piperidine rings is 1. The van der Waals surface area contributed by atoms with Gasteiger partial charge in [-0.15, -0.1) is 0 Å². The number of benzene rings is 2. The Bertz CT molecular complexity index is 774. The molecule has 0 atom stereocenters. The first-order chi connectivity index (χ1) is 12.5. The second-order valence-corrected chi connectivity index (χ2v) is 6.65. The Morgan fingerprint density at radius 3 is 2.38 bits per heavy atom. The van der Waals surface area contributed by atoms with E-state index < -0.39 is 11.4 Å². The van der Waals surface area contributed by atoms with Crippen LogP contribution in [-0.4, -0.2) is 42.1 Å². The molecule has 1 heterocycles. The summed E-state index contributed by atoms with van der Waals surface area (Å²) in [5.41, 5.74) is -0.107. The summed E-state index contributed by atoms with van der Waals surface area (Å²) in [7, 11) is 0. The standard InChI is InChI=1S/C20H22F2N2O2/c21-17-5-1-3-15(13-17)19(25)23-9-12-24-10-7-20(26,8-11-24)16-4-2-6-18(22)14-16/h1-6,13-14,26H,7-12H2,(H,23,25). The molecule has 0 bridgehead atoms. The zero-order valence-electron chi connectivity index (χ0n) is 14.4. The van der Waals surface area contributed by atoms with Gasteiger partial charge in [0.2, 0.25) is 0 Å². The van der Waals surface area contributed by atoms with E-state index in [-0.39, 0.29) is 11.7 Å². The highest BCUT2D eigenvalue weighted by Crippen LogP contribution is 2.32. The van der Waals surface area contributed by atoms with E-state index in [9.17, 15) is 18.7 Å². The number of hydrogen-bond donors (Lipinski definition) is 2. The predicted octanol–water partition coefficient (Wildman–Crippen LogP) is 2.68. The Labute approximate surface area is 151 Å². The summed E-state index contributed by atoms with van der Waals surface area (Å²) in [6.45, 7) is 2.39. The van der Waals surface area contributed by atoms with E-state index in [2.05, 4.69) is 10.2 Å². The molecular formula is C20H22F2N2O2. The fourth-order valence-electron chi connectivity index (χ4n) is 3.27. The molecule has 0 spiro atoms. The van der Waals surface area contributed by atoms with Crippen molar-refractivity contribution in [3.63, 3.8) is 0 Å². The van der Waals surface area contributed by atoms with Crippen molar-refractivity contribution in [1.82, 2.24) is 10.2 Å². The van der Waals surface area contributed by atoms with E-state index >= 15 is 0 Å². The van der Waals surface area contributed by atoms with Gasteiger partial charge in [0.15, 0.2) is 0 Å². The number of nitrogens with one attached hydrogen (secondary N) is 1. The molecule has 1 amide bonds. The lowest BCUT2D eigenvalue weighted by Gasteiger charge is -2.38. The molecule has 0 radical (unpaired) electrons. The van der Waals surface area contributed by atoms with Gasteiger partial charge in [-0.3, -0.25) is 4.79 Å². The Morgan fingerprint density at radius 2 is 1.73 bits per heavy atom. The summed E-state index contributed by atoms with van der Waals surface area (Å²) in [4.78, 5) is 14.1. The van der Waals surface area contributed by atoms with Crippen molar-refractivity contribution in [3.8, 4) is 0 Å². The molecule has 3 rings (SSSR count). The summed E-state index contributed by atoms with van der Waals surface area (Å²) in [6, 6.07) is 11.7. The maximum absolute atomic E-state index is 13.4. The molecule has 0 aromatic heterocycles. The number of carbonyl (C=O) groups is 1. The fourth-order valence-corrected chi connectivity index (χ4v) is 3.27. The second kappa shape index (κ2) is 7.93. The quantitative estimate of drug-likeness (QED) is 0.862. The average Bonchev–Trinajstić information content (AvgIpc) is 2.63. The Kier molecular flexibility index (Phi) is 5.64. The number of nitrogens with zero attached hydrogens (tertiary/aromatic N) is 1.